The SMILES string of the molecule is O=C(O)c1ccc(COc2cc(Br)cc(F)c2F)s1. The quantitative estimate of drug-likeness (QED) is 0.847. The van der Waals surface area contributed by atoms with Crippen molar-refractivity contribution in [1.82, 2.24) is 0 Å². The van der Waals surface area contributed by atoms with Gasteiger partial charge in [0.05, 0.1) is 0 Å². The molecule has 1 aromatic heterocycles. The molecule has 7 heteroatoms. The van der Waals surface area contributed by atoms with E-state index in [1.807, 2.05) is 0 Å². The van der Waals surface area contributed by atoms with Gasteiger partial charge >= 0.3 is 5.97 Å². The van der Waals surface area contributed by atoms with E-state index >= 15 is 0 Å². The number of thiophene rings is 1. The first-order chi connectivity index (χ1) is 8.97. The minimum absolute atomic E-state index is 0.0231. The zero-order valence-corrected chi connectivity index (χ0v) is 11.7. The van der Waals surface area contributed by atoms with Crippen molar-refractivity contribution in [2.24, 2.45) is 0 Å². The molecular formula is C12H7BrF2O3S. The number of carbonyl (C=O) groups is 1. The van der Waals surface area contributed by atoms with Crippen molar-refractivity contribution in [2.75, 3.05) is 0 Å². The summed E-state index contributed by atoms with van der Waals surface area (Å²) in [6, 6.07) is 5.31. The summed E-state index contributed by atoms with van der Waals surface area (Å²) >= 11 is 4.06. The molecule has 0 amide bonds. The smallest absolute Gasteiger partial charge is 0.345 e. The zero-order valence-electron chi connectivity index (χ0n) is 9.32. The lowest BCUT2D eigenvalue weighted by molar-refractivity contribution is 0.0702. The van der Waals surface area contributed by atoms with Crippen LogP contribution in [0.1, 0.15) is 14.5 Å². The molecule has 0 atom stereocenters. The Kier molecular flexibility index (Phi) is 4.16. The normalized spacial score (nSPS) is 10.5. The fraction of sp³-hybridized carbons (Fsp3) is 0.0833. The van der Waals surface area contributed by atoms with Crippen molar-refractivity contribution in [1.29, 1.82) is 0 Å². The summed E-state index contributed by atoms with van der Waals surface area (Å²) in [7, 11) is 0. The Morgan fingerprint density at radius 2 is 2.11 bits per heavy atom. The molecule has 0 radical (unpaired) electrons. The largest absolute Gasteiger partial charge is 0.485 e. The number of ether oxygens (including phenoxy) is 1. The van der Waals surface area contributed by atoms with Crippen molar-refractivity contribution in [2.45, 2.75) is 6.61 Å². The van der Waals surface area contributed by atoms with Gasteiger partial charge in [-0.3, -0.25) is 0 Å². The van der Waals surface area contributed by atoms with E-state index in [-0.39, 0.29) is 17.2 Å². The zero-order chi connectivity index (χ0) is 14.0. The predicted octanol–water partition coefficient (Wildman–Crippen LogP) is 4.07. The van der Waals surface area contributed by atoms with Gasteiger partial charge in [0.2, 0.25) is 5.82 Å². The van der Waals surface area contributed by atoms with Crippen LogP contribution in [0.4, 0.5) is 8.78 Å². The maximum absolute atomic E-state index is 13.4. The maximum Gasteiger partial charge on any atom is 0.345 e. The van der Waals surface area contributed by atoms with Crippen molar-refractivity contribution < 1.29 is 23.4 Å². The molecule has 0 saturated heterocycles. The summed E-state index contributed by atoms with van der Waals surface area (Å²) in [6.07, 6.45) is 0. The van der Waals surface area contributed by atoms with Gasteiger partial charge in [0, 0.05) is 9.35 Å². The van der Waals surface area contributed by atoms with E-state index in [1.165, 1.54) is 12.1 Å². The predicted molar refractivity (Wildman–Crippen MR) is 69.7 cm³/mol. The average molecular weight is 349 g/mol. The summed E-state index contributed by atoms with van der Waals surface area (Å²) in [4.78, 5) is 11.5. The van der Waals surface area contributed by atoms with Gasteiger partial charge in [-0.05, 0) is 24.3 Å². The molecule has 2 aromatic rings. The van der Waals surface area contributed by atoms with Gasteiger partial charge in [0.1, 0.15) is 11.5 Å². The van der Waals surface area contributed by atoms with Crippen molar-refractivity contribution in [3.8, 4) is 5.75 Å². The van der Waals surface area contributed by atoms with E-state index in [2.05, 4.69) is 15.9 Å². The summed E-state index contributed by atoms with van der Waals surface area (Å²) in [5, 5.41) is 8.75. The van der Waals surface area contributed by atoms with E-state index in [4.69, 9.17) is 9.84 Å². The molecular weight excluding hydrogens is 342 g/mol. The molecule has 100 valence electrons. The van der Waals surface area contributed by atoms with Crippen LogP contribution < -0.4 is 4.74 Å². The lowest BCUT2D eigenvalue weighted by atomic mass is 10.3. The van der Waals surface area contributed by atoms with Gasteiger partial charge in [-0.1, -0.05) is 15.9 Å². The van der Waals surface area contributed by atoms with Crippen LogP contribution in [0.3, 0.4) is 0 Å². The summed E-state index contributed by atoms with van der Waals surface area (Å²) < 4.78 is 32.0. The second kappa shape index (κ2) is 5.66. The molecule has 0 unspecified atom stereocenters. The number of rotatable bonds is 4. The third kappa shape index (κ3) is 3.30. The highest BCUT2D eigenvalue weighted by Crippen LogP contribution is 2.27. The highest BCUT2D eigenvalue weighted by atomic mass is 79.9. The molecule has 0 saturated carbocycles. The lowest BCUT2D eigenvalue weighted by Crippen LogP contribution is -1.97. The van der Waals surface area contributed by atoms with E-state index in [1.54, 1.807) is 6.07 Å². The topological polar surface area (TPSA) is 46.5 Å². The van der Waals surface area contributed by atoms with E-state index in [0.29, 0.717) is 9.35 Å². The lowest BCUT2D eigenvalue weighted by Gasteiger charge is -2.07. The molecule has 0 fully saturated rings. The van der Waals surface area contributed by atoms with Crippen molar-refractivity contribution in [3.63, 3.8) is 0 Å². The van der Waals surface area contributed by atoms with E-state index in [9.17, 15) is 13.6 Å². The second-order valence-corrected chi connectivity index (χ2v) is 5.64. The first kappa shape index (κ1) is 14.0. The van der Waals surface area contributed by atoms with Crippen molar-refractivity contribution in [3.05, 3.63) is 50.1 Å². The Balaban J connectivity index is 2.12. The van der Waals surface area contributed by atoms with E-state index in [0.717, 1.165) is 17.4 Å². The number of halogens is 3. The molecule has 1 heterocycles. The monoisotopic (exact) mass is 348 g/mol. The van der Waals surface area contributed by atoms with Crippen LogP contribution in [0.25, 0.3) is 0 Å². The standard InChI is InChI=1S/C12H7BrF2O3S/c13-6-3-8(14)11(15)9(4-6)18-5-7-1-2-10(19-7)12(16)17/h1-4H,5H2,(H,16,17). The fourth-order valence-electron chi connectivity index (χ4n) is 1.36. The number of carboxylic acid groups (broad SMARTS) is 1. The van der Waals surface area contributed by atoms with Crippen LogP contribution in [-0.4, -0.2) is 11.1 Å². The number of carboxylic acids is 1. The molecule has 0 aliphatic rings. The minimum atomic E-state index is -1.07. The van der Waals surface area contributed by atoms with Crippen molar-refractivity contribution >= 4 is 33.2 Å². The third-order valence-corrected chi connectivity index (χ3v) is 3.71. The second-order valence-electron chi connectivity index (χ2n) is 3.56. The van der Waals surface area contributed by atoms with Gasteiger partial charge in [-0.2, -0.15) is 4.39 Å². The molecule has 3 nitrogen and oxygen atoms in total. The first-order valence-electron chi connectivity index (χ1n) is 5.06. The Morgan fingerprint density at radius 3 is 2.74 bits per heavy atom. The van der Waals surface area contributed by atoms with Gasteiger partial charge in [0.15, 0.2) is 11.6 Å². The third-order valence-electron chi connectivity index (χ3n) is 2.20. The van der Waals surface area contributed by atoms with Gasteiger partial charge < -0.3 is 9.84 Å². The van der Waals surface area contributed by atoms with Gasteiger partial charge in [-0.25, -0.2) is 9.18 Å². The van der Waals surface area contributed by atoms with E-state index < -0.39 is 17.6 Å². The van der Waals surface area contributed by atoms with Crippen LogP contribution in [0, 0.1) is 11.6 Å². The van der Waals surface area contributed by atoms with Crippen LogP contribution in [0.5, 0.6) is 5.75 Å². The van der Waals surface area contributed by atoms with Crippen LogP contribution in [0.2, 0.25) is 0 Å². The number of aromatic carboxylic acids is 1. The Morgan fingerprint density at radius 1 is 1.37 bits per heavy atom. The molecule has 0 spiro atoms. The molecule has 0 bridgehead atoms. The van der Waals surface area contributed by atoms with Gasteiger partial charge in [-0.15, -0.1) is 11.3 Å². The summed E-state index contributed by atoms with van der Waals surface area (Å²) in [5.74, 6) is -3.34. The number of hydrogen-bond donors (Lipinski definition) is 1. The Hall–Kier alpha value is -1.47. The molecule has 2 rings (SSSR count). The summed E-state index contributed by atoms with van der Waals surface area (Å²) in [6.45, 7) is -0.0231. The highest BCUT2D eigenvalue weighted by Gasteiger charge is 2.12. The van der Waals surface area contributed by atoms with Crippen LogP contribution in [-0.2, 0) is 6.61 Å². The van der Waals surface area contributed by atoms with Crippen LogP contribution >= 0.6 is 27.3 Å². The fourth-order valence-corrected chi connectivity index (χ4v) is 2.53. The Bertz CT molecular complexity index is 627. The molecule has 1 aromatic carbocycles. The minimum Gasteiger partial charge on any atom is -0.485 e. The van der Waals surface area contributed by atoms with Crippen LogP contribution in [0.15, 0.2) is 28.7 Å². The first-order valence-corrected chi connectivity index (χ1v) is 6.67. The highest BCUT2D eigenvalue weighted by molar-refractivity contribution is 9.10. The number of hydrogen-bond acceptors (Lipinski definition) is 3. The Labute approximate surface area is 119 Å². The number of benzene rings is 1. The molecule has 0 aliphatic carbocycles. The average Bonchev–Trinajstić information content (AvgIpc) is 2.81. The maximum atomic E-state index is 13.4. The molecule has 19 heavy (non-hydrogen) atoms. The molecule has 0 aliphatic heterocycles. The van der Waals surface area contributed by atoms with Gasteiger partial charge in [0.25, 0.3) is 0 Å². The molecule has 1 N–H and O–H groups in total. The summed E-state index contributed by atoms with van der Waals surface area (Å²) in [5.41, 5.74) is 0.